The summed E-state index contributed by atoms with van der Waals surface area (Å²) in [6.45, 7) is 30.2. The molecule has 0 aliphatic heterocycles. The first-order valence-corrected chi connectivity index (χ1v) is 28.9. The van der Waals surface area contributed by atoms with E-state index in [0.29, 0.717) is 54.5 Å². The lowest BCUT2D eigenvalue weighted by Crippen LogP contribution is -2.54. The first kappa shape index (κ1) is 79.5. The van der Waals surface area contributed by atoms with Gasteiger partial charge in [-0.3, -0.25) is 43.2 Å². The maximum Gasteiger partial charge on any atom is 0.375 e. The van der Waals surface area contributed by atoms with Crippen molar-refractivity contribution < 1.29 is 105 Å². The molecule has 0 rings (SSSR count). The van der Waals surface area contributed by atoms with Crippen molar-refractivity contribution in [3.63, 3.8) is 0 Å². The van der Waals surface area contributed by atoms with Crippen LogP contribution >= 0.6 is 35.3 Å². The summed E-state index contributed by atoms with van der Waals surface area (Å²) in [6, 6.07) is -3.28. The predicted octanol–water partition coefficient (Wildman–Crippen LogP) is 5.66. The van der Waals surface area contributed by atoms with Crippen LogP contribution in [0.5, 0.6) is 0 Å². The summed E-state index contributed by atoms with van der Waals surface area (Å²) >= 11 is 2.11. The second kappa shape index (κ2) is 39.7. The number of hydrogen-bond donors (Lipinski definition) is 3. The largest absolute Gasteiger partial charge is 0.464 e. The molecule has 0 aromatic carbocycles. The molecule has 3 N–H and O–H groups in total. The third kappa shape index (κ3) is 31.4. The van der Waals surface area contributed by atoms with E-state index in [0.717, 1.165) is 7.11 Å². The average Bonchev–Trinajstić information content (AvgIpc) is 3.36. The van der Waals surface area contributed by atoms with Crippen LogP contribution < -0.4 is 16.0 Å². The van der Waals surface area contributed by atoms with Gasteiger partial charge in [0.25, 0.3) is 0 Å². The Labute approximate surface area is 493 Å². The quantitative estimate of drug-likeness (QED) is 0.0316. The maximum absolute atomic E-state index is 12.4. The number of carbonyl (C=O) groups is 15. The van der Waals surface area contributed by atoms with Gasteiger partial charge < -0.3 is 44.4 Å². The van der Waals surface area contributed by atoms with Crippen LogP contribution in [-0.2, 0) is 100 Å². The van der Waals surface area contributed by atoms with E-state index < -0.39 is 126 Å². The molecule has 0 aromatic heterocycles. The number of amides is 3. The second-order valence-electron chi connectivity index (χ2n) is 19.7. The van der Waals surface area contributed by atoms with Crippen molar-refractivity contribution in [2.45, 2.75) is 202 Å². The van der Waals surface area contributed by atoms with Gasteiger partial charge in [0.2, 0.25) is 35.1 Å². The lowest BCUT2D eigenvalue weighted by Gasteiger charge is -2.32. The minimum absolute atomic E-state index is 0. The lowest BCUT2D eigenvalue weighted by atomic mass is 10.0. The van der Waals surface area contributed by atoms with Crippen LogP contribution in [0.1, 0.15) is 167 Å². The molecule has 0 radical (unpaired) electrons. The summed E-state index contributed by atoms with van der Waals surface area (Å²) in [6.07, 6.45) is -0.685. The Hall–Kier alpha value is -5.70. The van der Waals surface area contributed by atoms with Gasteiger partial charge in [0.1, 0.15) is 18.1 Å². The Balaban J connectivity index is -0.000000267. The number of methoxy groups -OCH3 is 1. The van der Waals surface area contributed by atoms with Crippen molar-refractivity contribution in [1.82, 2.24) is 16.0 Å². The number of Topliss-reactive ketones (excluding diaryl/α,β-unsaturated/α-hetero) is 3. The van der Waals surface area contributed by atoms with Crippen LogP contribution in [-0.4, -0.2) is 158 Å². The van der Waals surface area contributed by atoms with E-state index in [4.69, 9.17) is 18.9 Å². The van der Waals surface area contributed by atoms with Crippen LogP contribution in [0.15, 0.2) is 0 Å². The van der Waals surface area contributed by atoms with E-state index in [1.165, 1.54) is 0 Å². The van der Waals surface area contributed by atoms with Crippen molar-refractivity contribution in [2.75, 3.05) is 33.5 Å². The zero-order valence-electron chi connectivity index (χ0n) is 50.4. The fourth-order valence-electron chi connectivity index (χ4n) is 6.02. The SMILES string of the molecule is CCOC(=O)C(=O)CC(=O)SC(C)(C)C(NC(=O)C(C)CC)C(=O)OCC.CCOC(=O)C(NC(=O)C(C)CC)C(C)(C)SC(=O)CC(=O)C(=O)OC.CCOC(=O)C(NC(=O)C(C)CC)C(C)(C)SC(=O)CC(=O)C(=O)OC(C)C.[HH].[HH].[HH]. The molecule has 6 atom stereocenters. The number of rotatable bonds is 32. The number of ether oxygens (including phenoxy) is 6. The highest BCUT2D eigenvalue weighted by Crippen LogP contribution is 2.34. The first-order chi connectivity index (χ1) is 37.3. The first-order valence-electron chi connectivity index (χ1n) is 26.5. The third-order valence-electron chi connectivity index (χ3n) is 11.2. The van der Waals surface area contributed by atoms with Crippen molar-refractivity contribution in [3.8, 4) is 0 Å². The Morgan fingerprint density at radius 3 is 0.864 bits per heavy atom. The molecule has 0 aromatic rings. The number of ketones is 3. The zero-order chi connectivity index (χ0) is 63.8. The molecule has 27 heteroatoms. The summed E-state index contributed by atoms with van der Waals surface area (Å²) in [5, 5.41) is 6.06. The van der Waals surface area contributed by atoms with Crippen molar-refractivity contribution >= 4 is 122 Å². The molecule has 0 bridgehead atoms. The van der Waals surface area contributed by atoms with Gasteiger partial charge in [0, 0.05) is 36.3 Å². The second-order valence-corrected chi connectivity index (χ2v) is 24.8. The molecule has 0 saturated heterocycles. The van der Waals surface area contributed by atoms with Gasteiger partial charge in [-0.2, -0.15) is 0 Å². The smallest absolute Gasteiger partial charge is 0.375 e. The molecule has 24 nitrogen and oxygen atoms in total. The van der Waals surface area contributed by atoms with Crippen LogP contribution in [0.2, 0.25) is 0 Å². The molecule has 6 unspecified atom stereocenters. The summed E-state index contributed by atoms with van der Waals surface area (Å²) in [4.78, 5) is 179. The van der Waals surface area contributed by atoms with Gasteiger partial charge in [0.05, 0.1) is 58.9 Å². The third-order valence-corrected chi connectivity index (χ3v) is 14.6. The molecule has 0 saturated carbocycles. The average molecular weight is 1220 g/mol. The molecular weight excluding hydrogens is 1120 g/mol. The topological polar surface area (TPSA) is 348 Å². The monoisotopic (exact) mass is 1220 g/mol. The number of carbonyl (C=O) groups excluding carboxylic acids is 15. The minimum Gasteiger partial charge on any atom is -0.464 e. The molecule has 468 valence electrons. The molecular formula is C54H93N3O21S3. The van der Waals surface area contributed by atoms with E-state index >= 15 is 0 Å². The van der Waals surface area contributed by atoms with Gasteiger partial charge in [-0.1, -0.05) is 76.8 Å². The maximum atomic E-state index is 12.4. The predicted molar refractivity (Wildman–Crippen MR) is 309 cm³/mol. The molecule has 0 heterocycles. The molecule has 0 aliphatic carbocycles. The summed E-state index contributed by atoms with van der Waals surface area (Å²) < 4.78 is 25.4. The van der Waals surface area contributed by atoms with Gasteiger partial charge in [-0.25, -0.2) is 28.8 Å². The molecule has 0 aliphatic rings. The minimum atomic E-state index is -1.11. The number of esters is 6. The van der Waals surface area contributed by atoms with Crippen LogP contribution in [0.4, 0.5) is 0 Å². The number of thioether (sulfide) groups is 3. The fraction of sp³-hybridized carbons (Fsp3) is 0.722. The highest BCUT2D eigenvalue weighted by Gasteiger charge is 2.44. The van der Waals surface area contributed by atoms with Gasteiger partial charge in [-0.15, -0.1) is 0 Å². The van der Waals surface area contributed by atoms with Crippen LogP contribution in [0.25, 0.3) is 0 Å². The van der Waals surface area contributed by atoms with Crippen molar-refractivity contribution in [3.05, 3.63) is 0 Å². The van der Waals surface area contributed by atoms with Gasteiger partial charge in [0.15, 0.2) is 15.3 Å². The Morgan fingerprint density at radius 2 is 0.642 bits per heavy atom. The molecule has 81 heavy (non-hydrogen) atoms. The normalized spacial score (nSPS) is 13.3. The molecule has 0 fully saturated rings. The van der Waals surface area contributed by atoms with Crippen molar-refractivity contribution in [1.29, 1.82) is 0 Å². The standard InChI is InChI=1S/C19H31NO7S.C18H29NO7S.C17H27NO7S.3H2/c1-8-12(5)16(23)20-15(18(25)26-9-2)19(6,7)28-14(22)10-13(21)17(24)27-11(3)4;1-7-11(4)15(22)19-14(17(24)26-9-3)18(5,6)27-13(21)10-12(20)16(23)25-8-2;1-7-10(3)14(21)18-13(16(23)25-8-2)17(4,5)26-12(20)9-11(19)15(22)24-6;;;/h11-12,15H,8-10H2,1-7H3,(H,20,23);11,14H,7-10H2,1-6H3,(H,19,22);10,13H,7-9H2,1-6H3,(H,18,21);3*1H. The van der Waals surface area contributed by atoms with E-state index in [2.05, 4.69) is 25.4 Å². The number of nitrogens with one attached hydrogen (secondary N) is 3. The fourth-order valence-corrected chi connectivity index (χ4v) is 9.21. The Bertz CT molecular complexity index is 2230. The molecule has 3 amide bonds. The highest BCUT2D eigenvalue weighted by atomic mass is 32.2. The summed E-state index contributed by atoms with van der Waals surface area (Å²) in [7, 11) is 1.04. The van der Waals surface area contributed by atoms with E-state index in [1.807, 2.05) is 20.8 Å². The lowest BCUT2D eigenvalue weighted by molar-refractivity contribution is -0.157. The van der Waals surface area contributed by atoms with Gasteiger partial charge >= 0.3 is 35.8 Å². The van der Waals surface area contributed by atoms with Crippen molar-refractivity contribution in [2.24, 2.45) is 17.8 Å². The Morgan fingerprint density at radius 1 is 0.395 bits per heavy atom. The van der Waals surface area contributed by atoms with Crippen LogP contribution in [0.3, 0.4) is 0 Å². The summed E-state index contributed by atoms with van der Waals surface area (Å²) in [5.41, 5.74) is 0. The number of hydrogen-bond acceptors (Lipinski definition) is 24. The van der Waals surface area contributed by atoms with Crippen LogP contribution in [0, 0.1) is 17.8 Å². The van der Waals surface area contributed by atoms with E-state index in [-0.39, 0.29) is 66.2 Å². The van der Waals surface area contributed by atoms with E-state index in [1.54, 1.807) is 104 Å². The highest BCUT2D eigenvalue weighted by molar-refractivity contribution is 8.15. The summed E-state index contributed by atoms with van der Waals surface area (Å²) in [5.74, 6) is -10.1. The zero-order valence-corrected chi connectivity index (χ0v) is 52.9. The van der Waals surface area contributed by atoms with Gasteiger partial charge in [-0.05, 0) is 102 Å². The molecule has 0 spiro atoms. The Kier molecular flexibility index (Phi) is 39.0. The van der Waals surface area contributed by atoms with E-state index in [9.17, 15) is 71.9 Å².